The number of hydrogen-bond acceptors (Lipinski definition) is 3. The fourth-order valence-corrected chi connectivity index (χ4v) is 1.37. The summed E-state index contributed by atoms with van der Waals surface area (Å²) in [6.45, 7) is 0. The highest BCUT2D eigenvalue weighted by atomic mass is 127. The monoisotopic (exact) mass is 356 g/mol. The van der Waals surface area contributed by atoms with Crippen LogP contribution in [0.1, 0.15) is 11.7 Å². The van der Waals surface area contributed by atoms with Crippen molar-refractivity contribution in [2.45, 2.75) is 6.04 Å². The van der Waals surface area contributed by atoms with Gasteiger partial charge in [0.1, 0.15) is 10.6 Å². The van der Waals surface area contributed by atoms with Crippen molar-refractivity contribution >= 4 is 44.5 Å². The maximum atomic E-state index is 10.5. The van der Waals surface area contributed by atoms with Crippen LogP contribution in [0.4, 0.5) is 0 Å². The van der Waals surface area contributed by atoms with E-state index in [9.17, 15) is 4.79 Å². The molecule has 6 heteroatoms. The minimum atomic E-state index is -1.08. The molecule has 1 rings (SSSR count). The van der Waals surface area contributed by atoms with Gasteiger partial charge in [-0.05, 0) is 50.7 Å². The van der Waals surface area contributed by atoms with Gasteiger partial charge in [0, 0.05) is 3.57 Å². The summed E-state index contributed by atoms with van der Waals surface area (Å²) in [5, 5.41) is 8.61. The third-order valence-corrected chi connectivity index (χ3v) is 3.63. The Morgan fingerprint density at radius 1 is 1.69 bits per heavy atom. The highest BCUT2D eigenvalue weighted by Crippen LogP contribution is 2.18. The highest BCUT2D eigenvalue weighted by Gasteiger charge is 2.16. The van der Waals surface area contributed by atoms with E-state index in [1.165, 1.54) is 0 Å². The van der Waals surface area contributed by atoms with Crippen molar-refractivity contribution in [3.05, 3.63) is 26.0 Å². The molecule has 0 radical (unpaired) electrons. The summed E-state index contributed by atoms with van der Waals surface area (Å²) in [6, 6.07) is 2.30. The van der Waals surface area contributed by atoms with Gasteiger partial charge in [-0.3, -0.25) is 4.79 Å². The highest BCUT2D eigenvalue weighted by molar-refractivity contribution is 14.1. The first-order chi connectivity index (χ1) is 6.02. The van der Waals surface area contributed by atoms with E-state index < -0.39 is 12.0 Å². The lowest BCUT2D eigenvalue weighted by Crippen LogP contribution is -2.21. The van der Waals surface area contributed by atoms with Gasteiger partial charge < -0.3 is 10.8 Å². The van der Waals surface area contributed by atoms with E-state index in [1.54, 1.807) is 12.1 Å². The Morgan fingerprint density at radius 2 is 2.31 bits per heavy atom. The number of rotatable bonds is 2. The third-order valence-electron chi connectivity index (χ3n) is 1.41. The molecule has 0 aliphatic heterocycles. The number of halogens is 2. The van der Waals surface area contributed by atoms with Gasteiger partial charge in [0.05, 0.1) is 5.69 Å². The van der Waals surface area contributed by atoms with Crippen LogP contribution < -0.4 is 5.73 Å². The van der Waals surface area contributed by atoms with Gasteiger partial charge >= 0.3 is 5.97 Å². The molecule has 1 atom stereocenters. The van der Waals surface area contributed by atoms with Gasteiger partial charge in [0.2, 0.25) is 0 Å². The molecule has 0 unspecified atom stereocenters. The normalized spacial score (nSPS) is 12.5. The van der Waals surface area contributed by atoms with Crippen molar-refractivity contribution in [3.63, 3.8) is 0 Å². The van der Waals surface area contributed by atoms with Crippen molar-refractivity contribution < 1.29 is 9.90 Å². The lowest BCUT2D eigenvalue weighted by atomic mass is 10.2. The predicted molar refractivity (Wildman–Crippen MR) is 59.2 cm³/mol. The molecular weight excluding hydrogens is 351 g/mol. The molecular formula is C7H6BrIN2O2. The van der Waals surface area contributed by atoms with E-state index in [2.05, 4.69) is 43.5 Å². The van der Waals surface area contributed by atoms with Crippen LogP contribution in [-0.2, 0) is 4.79 Å². The van der Waals surface area contributed by atoms with E-state index in [-0.39, 0.29) is 0 Å². The SMILES string of the molecule is N[C@H](C(=O)O)c1ccc(I)c(Br)n1. The van der Waals surface area contributed by atoms with E-state index in [4.69, 9.17) is 10.8 Å². The van der Waals surface area contributed by atoms with Crippen LogP contribution in [0.3, 0.4) is 0 Å². The number of aliphatic carboxylic acids is 1. The van der Waals surface area contributed by atoms with Gasteiger partial charge in [-0.2, -0.15) is 0 Å². The van der Waals surface area contributed by atoms with Crippen LogP contribution in [-0.4, -0.2) is 16.1 Å². The molecule has 13 heavy (non-hydrogen) atoms. The topological polar surface area (TPSA) is 76.2 Å². The number of hydrogen-bond donors (Lipinski definition) is 2. The minimum absolute atomic E-state index is 0.347. The van der Waals surface area contributed by atoms with Crippen LogP contribution in [0.15, 0.2) is 16.7 Å². The Hall–Kier alpha value is -0.210. The number of pyridine rings is 1. The molecule has 70 valence electrons. The third kappa shape index (κ3) is 2.61. The molecule has 0 aliphatic carbocycles. The van der Waals surface area contributed by atoms with Gasteiger partial charge in [0.15, 0.2) is 0 Å². The minimum Gasteiger partial charge on any atom is -0.480 e. The first kappa shape index (κ1) is 10.9. The average molecular weight is 357 g/mol. The fourth-order valence-electron chi connectivity index (χ4n) is 0.731. The molecule has 0 spiro atoms. The molecule has 1 aromatic heterocycles. The van der Waals surface area contributed by atoms with Crippen LogP contribution in [0, 0.1) is 3.57 Å². The Labute approximate surface area is 96.8 Å². The molecule has 0 saturated carbocycles. The Balaban J connectivity index is 3.03. The lowest BCUT2D eigenvalue weighted by Gasteiger charge is -2.06. The second kappa shape index (κ2) is 4.34. The predicted octanol–water partition coefficient (Wildman–Crippen LogP) is 1.53. The summed E-state index contributed by atoms with van der Waals surface area (Å²) in [6.07, 6.45) is 0. The molecule has 0 aliphatic rings. The lowest BCUT2D eigenvalue weighted by molar-refractivity contribution is -0.138. The number of nitrogens with zero attached hydrogens (tertiary/aromatic N) is 1. The first-order valence-electron chi connectivity index (χ1n) is 3.32. The van der Waals surface area contributed by atoms with E-state index in [0.29, 0.717) is 10.3 Å². The molecule has 1 aromatic rings. The van der Waals surface area contributed by atoms with Crippen molar-refractivity contribution in [1.29, 1.82) is 0 Å². The summed E-state index contributed by atoms with van der Waals surface area (Å²) in [4.78, 5) is 14.5. The number of nitrogens with two attached hydrogens (primary N) is 1. The fraction of sp³-hybridized carbons (Fsp3) is 0.143. The number of carbonyl (C=O) groups is 1. The van der Waals surface area contributed by atoms with Crippen molar-refractivity contribution in [2.24, 2.45) is 5.73 Å². The Bertz CT molecular complexity index is 345. The molecule has 0 fully saturated rings. The smallest absolute Gasteiger partial charge is 0.326 e. The van der Waals surface area contributed by atoms with Gasteiger partial charge in [-0.25, -0.2) is 4.98 Å². The second-order valence-corrected chi connectivity index (χ2v) is 4.24. The Kier molecular flexibility index (Phi) is 3.63. The van der Waals surface area contributed by atoms with Gasteiger partial charge in [0.25, 0.3) is 0 Å². The zero-order valence-electron chi connectivity index (χ0n) is 6.37. The summed E-state index contributed by atoms with van der Waals surface area (Å²) < 4.78 is 1.53. The molecule has 0 saturated heterocycles. The summed E-state index contributed by atoms with van der Waals surface area (Å²) in [5.74, 6) is -1.08. The number of carboxylic acids is 1. The van der Waals surface area contributed by atoms with E-state index >= 15 is 0 Å². The van der Waals surface area contributed by atoms with Crippen LogP contribution in [0.2, 0.25) is 0 Å². The van der Waals surface area contributed by atoms with Crippen LogP contribution in [0.25, 0.3) is 0 Å². The van der Waals surface area contributed by atoms with Crippen LogP contribution in [0.5, 0.6) is 0 Å². The van der Waals surface area contributed by atoms with E-state index in [0.717, 1.165) is 3.57 Å². The van der Waals surface area contributed by atoms with Crippen LogP contribution >= 0.6 is 38.5 Å². The number of carboxylic acid groups (broad SMARTS) is 1. The molecule has 0 aromatic carbocycles. The first-order valence-corrected chi connectivity index (χ1v) is 5.20. The van der Waals surface area contributed by atoms with Gasteiger partial charge in [-0.15, -0.1) is 0 Å². The number of aromatic nitrogens is 1. The standard InChI is InChI=1S/C7H6BrIN2O2/c8-6-3(9)1-2-4(11-6)5(10)7(12)13/h1-2,5H,10H2,(H,12,13)/t5-/m0/s1. The maximum absolute atomic E-state index is 10.5. The Morgan fingerprint density at radius 3 is 2.77 bits per heavy atom. The van der Waals surface area contributed by atoms with Crippen molar-refractivity contribution in [2.75, 3.05) is 0 Å². The second-order valence-electron chi connectivity index (χ2n) is 2.32. The van der Waals surface area contributed by atoms with E-state index in [1.807, 2.05) is 0 Å². The quantitative estimate of drug-likeness (QED) is 0.622. The average Bonchev–Trinajstić information content (AvgIpc) is 2.08. The summed E-state index contributed by atoms with van der Waals surface area (Å²) in [5.41, 5.74) is 5.72. The molecule has 3 N–H and O–H groups in total. The largest absolute Gasteiger partial charge is 0.480 e. The van der Waals surface area contributed by atoms with Crippen molar-refractivity contribution in [3.8, 4) is 0 Å². The van der Waals surface area contributed by atoms with Crippen molar-refractivity contribution in [1.82, 2.24) is 4.98 Å². The van der Waals surface area contributed by atoms with Gasteiger partial charge in [-0.1, -0.05) is 0 Å². The summed E-state index contributed by atoms with van der Waals surface area (Å²) >= 11 is 5.28. The zero-order chi connectivity index (χ0) is 10.0. The molecule has 0 bridgehead atoms. The maximum Gasteiger partial charge on any atom is 0.326 e. The molecule has 4 nitrogen and oxygen atoms in total. The zero-order valence-corrected chi connectivity index (χ0v) is 10.1. The summed E-state index contributed by atoms with van der Waals surface area (Å²) in [7, 11) is 0. The molecule has 0 amide bonds. The molecule has 1 heterocycles.